The van der Waals surface area contributed by atoms with E-state index in [1.54, 1.807) is 4.90 Å². The number of cyclic esters (lactones) is 1. The summed E-state index contributed by atoms with van der Waals surface area (Å²) in [6, 6.07) is 20.9. The van der Waals surface area contributed by atoms with Crippen molar-refractivity contribution in [3.8, 4) is 0 Å². The third-order valence-corrected chi connectivity index (χ3v) is 5.02. The highest BCUT2D eigenvalue weighted by Crippen LogP contribution is 2.36. The molecule has 3 heteroatoms. The first-order chi connectivity index (χ1) is 12.1. The molecule has 1 aliphatic rings. The van der Waals surface area contributed by atoms with Gasteiger partial charge in [-0.25, -0.2) is 4.79 Å². The van der Waals surface area contributed by atoms with Crippen LogP contribution in [-0.4, -0.2) is 23.6 Å². The minimum atomic E-state index is -0.259. The molecule has 0 unspecified atom stereocenters. The fourth-order valence-electron chi connectivity index (χ4n) is 3.33. The van der Waals surface area contributed by atoms with Crippen LogP contribution in [0.15, 0.2) is 72.4 Å². The number of ether oxygens (including phenoxy) is 1. The summed E-state index contributed by atoms with van der Waals surface area (Å²) in [5, 5.41) is 0. The Bertz CT molecular complexity index is 692. The van der Waals surface area contributed by atoms with E-state index in [1.807, 2.05) is 25.3 Å². The van der Waals surface area contributed by atoms with Gasteiger partial charge in [-0.3, -0.25) is 4.90 Å². The normalized spacial score (nSPS) is 20.3. The number of benzene rings is 2. The highest BCUT2D eigenvalue weighted by molar-refractivity contribution is 5.71. The van der Waals surface area contributed by atoms with Gasteiger partial charge in [0.25, 0.3) is 0 Å². The molecule has 1 saturated heterocycles. The molecule has 0 saturated carbocycles. The lowest BCUT2D eigenvalue weighted by Gasteiger charge is -2.26. The van der Waals surface area contributed by atoms with Gasteiger partial charge in [0.1, 0.15) is 6.61 Å². The van der Waals surface area contributed by atoms with E-state index < -0.39 is 0 Å². The number of hydrogen-bond donors (Lipinski definition) is 0. The zero-order valence-corrected chi connectivity index (χ0v) is 15.1. The van der Waals surface area contributed by atoms with Crippen molar-refractivity contribution >= 4 is 6.09 Å². The molecule has 2 aromatic carbocycles. The Labute approximate surface area is 149 Å². The van der Waals surface area contributed by atoms with Crippen LogP contribution in [-0.2, 0) is 4.74 Å². The SMILES string of the molecule is C[C@H](C(=CN1C(=O)OC[C@H]1C)[C@H](C)c1ccccc1)c1ccccc1. The molecule has 3 atom stereocenters. The van der Waals surface area contributed by atoms with Gasteiger partial charge in [0.05, 0.1) is 6.04 Å². The number of amides is 1. The predicted molar refractivity (Wildman–Crippen MR) is 100 cm³/mol. The van der Waals surface area contributed by atoms with Crippen LogP contribution < -0.4 is 0 Å². The van der Waals surface area contributed by atoms with Crippen molar-refractivity contribution in [2.45, 2.75) is 38.6 Å². The number of carbonyl (C=O) groups excluding carboxylic acids is 1. The standard InChI is InChI=1S/C22H25NO2/c1-16-15-25-22(24)23(16)14-21(17(2)19-10-6-4-7-11-19)18(3)20-12-8-5-9-13-20/h4-14,16-18H,15H2,1-3H3/t16-,17-,18+/m1/s1. The lowest BCUT2D eigenvalue weighted by Crippen LogP contribution is -2.27. The van der Waals surface area contributed by atoms with E-state index in [9.17, 15) is 4.79 Å². The number of carbonyl (C=O) groups is 1. The Morgan fingerprint density at radius 3 is 1.88 bits per heavy atom. The first-order valence-corrected chi connectivity index (χ1v) is 8.84. The molecule has 0 aromatic heterocycles. The van der Waals surface area contributed by atoms with Crippen LogP contribution in [0.2, 0.25) is 0 Å². The van der Waals surface area contributed by atoms with Gasteiger partial charge in [-0.15, -0.1) is 0 Å². The Morgan fingerprint density at radius 2 is 1.48 bits per heavy atom. The maximum Gasteiger partial charge on any atom is 0.414 e. The molecule has 0 spiro atoms. The molecule has 3 rings (SSSR count). The average molecular weight is 335 g/mol. The molecule has 0 bridgehead atoms. The van der Waals surface area contributed by atoms with E-state index in [1.165, 1.54) is 16.7 Å². The second kappa shape index (κ2) is 7.56. The summed E-state index contributed by atoms with van der Waals surface area (Å²) in [5.74, 6) is 0.411. The molecule has 0 radical (unpaired) electrons. The zero-order valence-electron chi connectivity index (χ0n) is 15.1. The highest BCUT2D eigenvalue weighted by atomic mass is 16.6. The van der Waals surface area contributed by atoms with Crippen LogP contribution in [0.1, 0.15) is 43.7 Å². The number of allylic oxidation sites excluding steroid dienone is 1. The summed E-state index contributed by atoms with van der Waals surface area (Å²) in [4.78, 5) is 13.8. The molecule has 1 aliphatic heterocycles. The van der Waals surface area contributed by atoms with Crippen LogP contribution in [0.5, 0.6) is 0 Å². The van der Waals surface area contributed by atoms with Gasteiger partial charge in [-0.2, -0.15) is 0 Å². The van der Waals surface area contributed by atoms with E-state index >= 15 is 0 Å². The molecule has 0 aliphatic carbocycles. The molecule has 3 nitrogen and oxygen atoms in total. The van der Waals surface area contributed by atoms with Crippen LogP contribution in [0, 0.1) is 0 Å². The Balaban J connectivity index is 2.00. The molecule has 2 aromatic rings. The quantitative estimate of drug-likeness (QED) is 0.740. The van der Waals surface area contributed by atoms with Crippen molar-refractivity contribution in [3.05, 3.63) is 83.6 Å². The summed E-state index contributed by atoms with van der Waals surface area (Å²) >= 11 is 0. The molecule has 130 valence electrons. The van der Waals surface area contributed by atoms with E-state index in [0.29, 0.717) is 6.61 Å². The van der Waals surface area contributed by atoms with E-state index in [-0.39, 0.29) is 24.0 Å². The number of nitrogens with zero attached hydrogens (tertiary/aromatic N) is 1. The summed E-state index contributed by atoms with van der Waals surface area (Å²) in [5.41, 5.74) is 3.71. The van der Waals surface area contributed by atoms with Crippen molar-refractivity contribution in [1.82, 2.24) is 4.90 Å². The number of hydrogen-bond acceptors (Lipinski definition) is 2. The lowest BCUT2D eigenvalue weighted by atomic mass is 9.82. The monoisotopic (exact) mass is 335 g/mol. The van der Waals surface area contributed by atoms with Gasteiger partial charge < -0.3 is 4.74 Å². The summed E-state index contributed by atoms with van der Waals surface area (Å²) in [6.45, 7) is 6.86. The third-order valence-electron chi connectivity index (χ3n) is 5.02. The van der Waals surface area contributed by atoms with Crippen LogP contribution >= 0.6 is 0 Å². The summed E-state index contributed by atoms with van der Waals surface area (Å²) in [6.07, 6.45) is 1.75. The van der Waals surface area contributed by atoms with E-state index in [2.05, 4.69) is 62.4 Å². The van der Waals surface area contributed by atoms with Crippen LogP contribution in [0.4, 0.5) is 4.79 Å². The Hall–Kier alpha value is -2.55. The minimum Gasteiger partial charge on any atom is -0.447 e. The van der Waals surface area contributed by atoms with Gasteiger partial charge >= 0.3 is 6.09 Å². The van der Waals surface area contributed by atoms with E-state index in [4.69, 9.17) is 4.74 Å². The second-order valence-electron chi connectivity index (χ2n) is 6.73. The van der Waals surface area contributed by atoms with E-state index in [0.717, 1.165) is 0 Å². The first kappa shape index (κ1) is 17.3. The molecule has 1 heterocycles. The van der Waals surface area contributed by atoms with Crippen LogP contribution in [0.25, 0.3) is 0 Å². The molecule has 25 heavy (non-hydrogen) atoms. The molecule has 1 amide bonds. The molecular weight excluding hydrogens is 310 g/mol. The molecule has 0 N–H and O–H groups in total. The van der Waals surface area contributed by atoms with Crippen molar-refractivity contribution < 1.29 is 9.53 Å². The molecular formula is C22H25NO2. The maximum atomic E-state index is 12.1. The van der Waals surface area contributed by atoms with Crippen molar-refractivity contribution in [3.63, 3.8) is 0 Å². The van der Waals surface area contributed by atoms with Gasteiger partial charge in [0, 0.05) is 18.0 Å². The third kappa shape index (κ3) is 3.76. The van der Waals surface area contributed by atoms with Gasteiger partial charge in [0.15, 0.2) is 0 Å². The van der Waals surface area contributed by atoms with Crippen molar-refractivity contribution in [2.24, 2.45) is 0 Å². The number of rotatable bonds is 5. The smallest absolute Gasteiger partial charge is 0.414 e. The predicted octanol–water partition coefficient (Wildman–Crippen LogP) is 5.32. The van der Waals surface area contributed by atoms with Crippen LogP contribution in [0.3, 0.4) is 0 Å². The maximum absolute atomic E-state index is 12.1. The van der Waals surface area contributed by atoms with Gasteiger partial charge in [-0.05, 0) is 23.6 Å². The topological polar surface area (TPSA) is 29.5 Å². The Morgan fingerprint density at radius 1 is 1.00 bits per heavy atom. The average Bonchev–Trinajstić information content (AvgIpc) is 2.98. The fraction of sp³-hybridized carbons (Fsp3) is 0.318. The second-order valence-corrected chi connectivity index (χ2v) is 6.73. The van der Waals surface area contributed by atoms with Crippen molar-refractivity contribution in [1.29, 1.82) is 0 Å². The molecule has 1 fully saturated rings. The van der Waals surface area contributed by atoms with Gasteiger partial charge in [-0.1, -0.05) is 74.5 Å². The lowest BCUT2D eigenvalue weighted by molar-refractivity contribution is 0.166. The first-order valence-electron chi connectivity index (χ1n) is 8.84. The Kier molecular flexibility index (Phi) is 5.22. The highest BCUT2D eigenvalue weighted by Gasteiger charge is 2.30. The fourth-order valence-corrected chi connectivity index (χ4v) is 3.33. The van der Waals surface area contributed by atoms with Gasteiger partial charge in [0.2, 0.25) is 0 Å². The largest absolute Gasteiger partial charge is 0.447 e. The zero-order chi connectivity index (χ0) is 17.8. The summed E-state index contributed by atoms with van der Waals surface area (Å²) in [7, 11) is 0. The minimum absolute atomic E-state index is 0.0634. The summed E-state index contributed by atoms with van der Waals surface area (Å²) < 4.78 is 5.19. The van der Waals surface area contributed by atoms with Crippen molar-refractivity contribution in [2.75, 3.05) is 6.61 Å².